The summed E-state index contributed by atoms with van der Waals surface area (Å²) in [4.78, 5) is 0. The van der Waals surface area contributed by atoms with E-state index in [1.807, 2.05) is 0 Å². The summed E-state index contributed by atoms with van der Waals surface area (Å²) >= 11 is 0. The summed E-state index contributed by atoms with van der Waals surface area (Å²) in [5.41, 5.74) is 0. The molecule has 0 amide bonds. The Morgan fingerprint density at radius 2 is 1.00 bits per heavy atom. The van der Waals surface area contributed by atoms with Gasteiger partial charge in [-0.15, -0.1) is 0 Å². The Morgan fingerprint density at radius 1 is 1.00 bits per heavy atom. The van der Waals surface area contributed by atoms with Crippen LogP contribution >= 0.6 is 0 Å². The second kappa shape index (κ2) is 17.5. The van der Waals surface area contributed by atoms with Crippen molar-refractivity contribution in [3.8, 4) is 0 Å². The van der Waals surface area contributed by atoms with Gasteiger partial charge in [0.25, 0.3) is 0 Å². The minimum absolute atomic E-state index is 0. The Balaban J connectivity index is 0. The van der Waals surface area contributed by atoms with Gasteiger partial charge in [0.1, 0.15) is 0 Å². The molecule has 1 nitrogen and oxygen atoms in total. The zero-order valence-electron chi connectivity index (χ0n) is 1.10. The Bertz CT molecular complexity index is 8.00. The predicted molar refractivity (Wildman–Crippen MR) is 7.84 cm³/mol. The smallest absolute Gasteiger partial charge is 2.00 e. The molecule has 0 aromatic heterocycles. The normalized spacial score (nSPS) is 0. The molecule has 0 aliphatic heterocycles. The van der Waals surface area contributed by atoms with Crippen molar-refractivity contribution in [1.29, 1.82) is 0 Å². The second-order valence-electron chi connectivity index (χ2n) is 0. The zero-order chi connectivity index (χ0) is 0. The van der Waals surface area contributed by atoms with Gasteiger partial charge in [0.2, 0.25) is 0 Å². The van der Waals surface area contributed by atoms with Crippen LogP contribution in [0.15, 0.2) is 0 Å². The molecule has 0 saturated heterocycles. The first-order chi connectivity index (χ1) is 0. The first-order valence-electron chi connectivity index (χ1n) is 0. The van der Waals surface area contributed by atoms with Crippen LogP contribution in [-0.4, -0.2) is 51.4 Å². The number of hydrogen-bond donors (Lipinski definition) is 0. The van der Waals surface area contributed by atoms with Crippen molar-refractivity contribution in [1.82, 2.24) is 0 Å². The molecule has 0 atom stereocenters. The molecule has 0 fully saturated rings. The van der Waals surface area contributed by atoms with Crippen molar-refractivity contribution in [3.63, 3.8) is 0 Å². The summed E-state index contributed by atoms with van der Waals surface area (Å²) in [6, 6.07) is 0. The van der Waals surface area contributed by atoms with Gasteiger partial charge in [-0.05, 0) is 0 Å². The summed E-state index contributed by atoms with van der Waals surface area (Å²) in [5, 5.41) is 0. The third kappa shape index (κ3) is 8.82. The van der Waals surface area contributed by atoms with E-state index in [2.05, 4.69) is 0 Å². The van der Waals surface area contributed by atoms with E-state index in [1.54, 1.807) is 0 Å². The van der Waals surface area contributed by atoms with E-state index < -0.39 is 0 Å². The van der Waals surface area contributed by atoms with E-state index in [1.165, 1.54) is 0 Å². The minimum Gasteiger partial charge on any atom is -2.00 e. The van der Waals surface area contributed by atoms with Gasteiger partial charge in [0, 0.05) is 16.5 Å². The number of hydrogen-bond acceptors (Lipinski definition) is 0. The van der Waals surface area contributed by atoms with Crippen molar-refractivity contribution >= 4 is 51.4 Å². The van der Waals surface area contributed by atoms with Gasteiger partial charge in [-0.25, -0.2) is 0 Å². The van der Waals surface area contributed by atoms with E-state index in [0.717, 1.165) is 0 Å². The van der Waals surface area contributed by atoms with E-state index in [0.29, 0.717) is 0 Å². The molecule has 4 heavy (non-hydrogen) atoms. The van der Waals surface area contributed by atoms with Crippen molar-refractivity contribution in [2.24, 2.45) is 0 Å². The largest absolute Gasteiger partial charge is 2.00 e. The van der Waals surface area contributed by atoms with Crippen LogP contribution < -0.4 is 0 Å². The van der Waals surface area contributed by atoms with Crippen molar-refractivity contribution in [2.75, 3.05) is 0 Å². The Labute approximate surface area is 88.4 Å². The van der Waals surface area contributed by atoms with Crippen molar-refractivity contribution < 1.29 is 39.0 Å². The maximum atomic E-state index is 0. The molecule has 25 valence electrons. The van der Waals surface area contributed by atoms with Crippen LogP contribution in [0.1, 0.15) is 0 Å². The molecule has 0 aliphatic rings. The molecule has 0 bridgehead atoms. The van der Waals surface area contributed by atoms with Crippen molar-refractivity contribution in [3.05, 3.63) is 0 Å². The van der Waals surface area contributed by atoms with Gasteiger partial charge >= 0.3 is 68.5 Å². The molecule has 0 spiro atoms. The van der Waals surface area contributed by atoms with Gasteiger partial charge in [0.15, 0.2) is 0 Å². The molecular formula is HKMnNiO. The average molecular weight is 170 g/mol. The van der Waals surface area contributed by atoms with Crippen LogP contribution in [0.25, 0.3) is 0 Å². The van der Waals surface area contributed by atoms with Crippen LogP contribution in [0.5, 0.6) is 0 Å². The molecule has 0 aliphatic carbocycles. The Kier molecular flexibility index (Phi) is 134. The molecule has 4 heteroatoms. The summed E-state index contributed by atoms with van der Waals surface area (Å²) < 4.78 is 0. The molecular weight excluding hydrogens is 169 g/mol. The predicted octanol–water partition coefficient (Wildman–Crippen LogP) is -0.772. The first kappa shape index (κ1) is 30.5. The van der Waals surface area contributed by atoms with Crippen LogP contribution in [-0.2, 0) is 39.0 Å². The molecule has 0 unspecified atom stereocenters. The van der Waals surface area contributed by atoms with Crippen LogP contribution in [0, 0.1) is 0 Å². The maximum Gasteiger partial charge on any atom is 2.00 e. The standard InChI is InChI=1S/K.Mn.Ni.O.H/q;+2;;-2;. The maximum absolute atomic E-state index is 0. The van der Waals surface area contributed by atoms with E-state index in [9.17, 15) is 0 Å². The van der Waals surface area contributed by atoms with Crippen LogP contribution in [0.2, 0.25) is 0 Å². The van der Waals surface area contributed by atoms with Gasteiger partial charge in [0.05, 0.1) is 0 Å². The second-order valence-corrected chi connectivity index (χ2v) is 0. The van der Waals surface area contributed by atoms with E-state index in [-0.39, 0.29) is 90.4 Å². The third-order valence-electron chi connectivity index (χ3n) is 0. The summed E-state index contributed by atoms with van der Waals surface area (Å²) in [6.45, 7) is 0. The van der Waals surface area contributed by atoms with E-state index >= 15 is 0 Å². The fourth-order valence-corrected chi connectivity index (χ4v) is 0. The molecule has 1 radical (unpaired) electrons. The van der Waals surface area contributed by atoms with Crippen molar-refractivity contribution in [2.45, 2.75) is 0 Å². The fourth-order valence-electron chi connectivity index (χ4n) is 0. The number of rotatable bonds is 0. The Morgan fingerprint density at radius 3 is 1.00 bits per heavy atom. The topological polar surface area (TPSA) is 28.5 Å². The SMILES string of the molecule is [KH].[Mn+2].[Ni].[O-2]. The zero-order valence-corrected chi connectivity index (χ0v) is 3.27. The van der Waals surface area contributed by atoms with Gasteiger partial charge < -0.3 is 5.48 Å². The molecule has 0 rings (SSSR count). The van der Waals surface area contributed by atoms with Gasteiger partial charge in [-0.1, -0.05) is 0 Å². The summed E-state index contributed by atoms with van der Waals surface area (Å²) in [6.07, 6.45) is 0. The van der Waals surface area contributed by atoms with E-state index in [4.69, 9.17) is 0 Å². The van der Waals surface area contributed by atoms with Gasteiger partial charge in [-0.3, -0.25) is 0 Å². The quantitative estimate of drug-likeness (QED) is 0.427. The average Bonchev–Trinajstić information content (AvgIpc) is 0. The third-order valence-corrected chi connectivity index (χ3v) is 0. The molecule has 0 aromatic carbocycles. The molecule has 0 aromatic rings. The first-order valence-corrected chi connectivity index (χ1v) is 0. The van der Waals surface area contributed by atoms with Crippen LogP contribution in [0.4, 0.5) is 0 Å². The minimum atomic E-state index is 0. The fraction of sp³-hybridized carbons (Fsp3) is 0. The summed E-state index contributed by atoms with van der Waals surface area (Å²) in [5.74, 6) is 0. The molecule has 0 saturated carbocycles. The van der Waals surface area contributed by atoms with Gasteiger partial charge in [-0.2, -0.15) is 0 Å². The monoisotopic (exact) mass is 169 g/mol. The molecule has 0 N–H and O–H groups in total. The molecule has 0 heterocycles. The summed E-state index contributed by atoms with van der Waals surface area (Å²) in [7, 11) is 0. The van der Waals surface area contributed by atoms with Crippen LogP contribution in [0.3, 0.4) is 0 Å². The Hall–Kier alpha value is 2.61.